The van der Waals surface area contributed by atoms with E-state index in [0.29, 0.717) is 22.7 Å². The van der Waals surface area contributed by atoms with Crippen LogP contribution in [-0.2, 0) is 25.6 Å². The van der Waals surface area contributed by atoms with E-state index in [4.69, 9.17) is 5.73 Å². The highest BCUT2D eigenvalue weighted by Crippen LogP contribution is 2.52. The second-order valence-electron chi connectivity index (χ2n) is 11.0. The van der Waals surface area contributed by atoms with Gasteiger partial charge in [0.05, 0.1) is 5.41 Å². The van der Waals surface area contributed by atoms with E-state index in [0.717, 1.165) is 30.4 Å². The van der Waals surface area contributed by atoms with Crippen LogP contribution in [-0.4, -0.2) is 38.0 Å². The van der Waals surface area contributed by atoms with Crippen molar-refractivity contribution in [1.29, 1.82) is 0 Å². The number of carbonyl (C=O) groups excluding carboxylic acids is 1. The maximum absolute atomic E-state index is 15.2. The standard InChI is InChI=1S/C27H32F4N6O2/c1-16(2)11-36(12-18-5-22(23(32)38)24(39)37(13-18)14-27(29,30)31)21-7-19(6-20(28)8-21)26(9-17(3)10-26)25-34-33-15-35(25)4/h5-8,13,15-17H,9-12,14H2,1-4H3,(H2,32,38). The molecule has 1 aliphatic rings. The minimum atomic E-state index is -4.68. The van der Waals surface area contributed by atoms with Crippen molar-refractivity contribution in [2.24, 2.45) is 24.6 Å². The Hall–Kier alpha value is -3.70. The van der Waals surface area contributed by atoms with Gasteiger partial charge in [-0.2, -0.15) is 13.2 Å². The number of hydrogen-bond donors (Lipinski definition) is 1. The van der Waals surface area contributed by atoms with Gasteiger partial charge in [-0.3, -0.25) is 9.59 Å². The summed E-state index contributed by atoms with van der Waals surface area (Å²) in [5, 5.41) is 8.34. The fourth-order valence-electron chi connectivity index (χ4n) is 5.62. The van der Waals surface area contributed by atoms with E-state index >= 15 is 4.39 Å². The van der Waals surface area contributed by atoms with Crippen LogP contribution in [0.4, 0.5) is 23.2 Å². The maximum Gasteiger partial charge on any atom is 0.406 e. The Balaban J connectivity index is 1.78. The second-order valence-corrected chi connectivity index (χ2v) is 11.0. The summed E-state index contributed by atoms with van der Waals surface area (Å²) in [7, 11) is 1.84. The van der Waals surface area contributed by atoms with Crippen LogP contribution in [0.15, 0.2) is 41.6 Å². The highest BCUT2D eigenvalue weighted by atomic mass is 19.4. The van der Waals surface area contributed by atoms with Gasteiger partial charge in [0, 0.05) is 32.0 Å². The average Bonchev–Trinajstić information content (AvgIpc) is 3.22. The SMILES string of the molecule is CC(C)CN(Cc1cc(C(N)=O)c(=O)n(CC(F)(F)F)c1)c1cc(F)cc(C2(c3nncn3C)CC(C)C2)c1. The normalized spacial score (nSPS) is 19.3. The first-order valence-corrected chi connectivity index (χ1v) is 12.7. The van der Waals surface area contributed by atoms with Crippen LogP contribution in [0.3, 0.4) is 0 Å². The molecule has 0 aliphatic heterocycles. The van der Waals surface area contributed by atoms with Crippen LogP contribution in [0.25, 0.3) is 0 Å². The minimum absolute atomic E-state index is 0.0207. The van der Waals surface area contributed by atoms with Gasteiger partial charge < -0.3 is 19.8 Å². The van der Waals surface area contributed by atoms with Gasteiger partial charge in [0.25, 0.3) is 11.5 Å². The van der Waals surface area contributed by atoms with Crippen molar-refractivity contribution in [2.45, 2.75) is 58.3 Å². The molecule has 2 N–H and O–H groups in total. The number of halogens is 4. The van der Waals surface area contributed by atoms with Gasteiger partial charge >= 0.3 is 6.18 Å². The average molecular weight is 549 g/mol. The van der Waals surface area contributed by atoms with Gasteiger partial charge in [-0.25, -0.2) is 4.39 Å². The fourth-order valence-corrected chi connectivity index (χ4v) is 5.62. The molecule has 3 aromatic rings. The summed E-state index contributed by atoms with van der Waals surface area (Å²) in [6, 6.07) is 5.96. The summed E-state index contributed by atoms with van der Waals surface area (Å²) < 4.78 is 56.9. The highest BCUT2D eigenvalue weighted by molar-refractivity contribution is 5.92. The molecule has 12 heteroatoms. The molecule has 0 bridgehead atoms. The van der Waals surface area contributed by atoms with E-state index in [9.17, 15) is 22.8 Å². The number of carbonyl (C=O) groups is 1. The third-order valence-corrected chi connectivity index (χ3v) is 7.05. The first kappa shape index (κ1) is 28.3. The first-order chi connectivity index (χ1) is 18.2. The highest BCUT2D eigenvalue weighted by Gasteiger charge is 2.48. The molecule has 1 amide bonds. The van der Waals surface area contributed by atoms with Gasteiger partial charge in [0.2, 0.25) is 0 Å². The van der Waals surface area contributed by atoms with Crippen molar-refractivity contribution in [3.05, 3.63) is 75.5 Å². The third-order valence-electron chi connectivity index (χ3n) is 7.05. The Morgan fingerprint density at radius 2 is 1.92 bits per heavy atom. The van der Waals surface area contributed by atoms with Crippen molar-refractivity contribution in [1.82, 2.24) is 19.3 Å². The topological polar surface area (TPSA) is 99.0 Å². The van der Waals surface area contributed by atoms with Crippen molar-refractivity contribution in [3.63, 3.8) is 0 Å². The molecule has 0 radical (unpaired) electrons. The maximum atomic E-state index is 15.2. The summed E-state index contributed by atoms with van der Waals surface area (Å²) in [5.41, 5.74) is 4.66. The van der Waals surface area contributed by atoms with E-state index in [2.05, 4.69) is 17.1 Å². The Morgan fingerprint density at radius 1 is 1.23 bits per heavy atom. The first-order valence-electron chi connectivity index (χ1n) is 12.7. The number of alkyl halides is 3. The predicted octanol–water partition coefficient (Wildman–Crippen LogP) is 4.16. The molecule has 0 saturated heterocycles. The Bertz CT molecular complexity index is 1420. The quantitative estimate of drug-likeness (QED) is 0.405. The molecule has 1 aliphatic carbocycles. The molecule has 39 heavy (non-hydrogen) atoms. The fraction of sp³-hybridized carbons (Fsp3) is 0.481. The number of nitrogens with zero attached hydrogens (tertiary/aromatic N) is 5. The molecule has 1 fully saturated rings. The second kappa shape index (κ2) is 10.5. The number of aryl methyl sites for hydroxylation is 1. The molecule has 2 aromatic heterocycles. The van der Waals surface area contributed by atoms with Crippen molar-refractivity contribution >= 4 is 11.6 Å². The lowest BCUT2D eigenvalue weighted by Gasteiger charge is -2.46. The molecule has 210 valence electrons. The number of anilines is 1. The zero-order valence-electron chi connectivity index (χ0n) is 22.3. The zero-order valence-corrected chi connectivity index (χ0v) is 22.3. The van der Waals surface area contributed by atoms with Crippen LogP contribution in [0.2, 0.25) is 0 Å². The summed E-state index contributed by atoms with van der Waals surface area (Å²) in [4.78, 5) is 26.2. The van der Waals surface area contributed by atoms with Crippen LogP contribution in [0, 0.1) is 17.7 Å². The van der Waals surface area contributed by atoms with Crippen LogP contribution in [0.5, 0.6) is 0 Å². The monoisotopic (exact) mass is 548 g/mol. The van der Waals surface area contributed by atoms with Crippen molar-refractivity contribution in [2.75, 3.05) is 11.4 Å². The van der Waals surface area contributed by atoms with E-state index < -0.39 is 41.0 Å². The lowest BCUT2D eigenvalue weighted by Crippen LogP contribution is -2.43. The largest absolute Gasteiger partial charge is 0.406 e. The summed E-state index contributed by atoms with van der Waals surface area (Å²) in [6.07, 6.45) is -0.476. The molecule has 4 rings (SSSR count). The van der Waals surface area contributed by atoms with Gasteiger partial charge in [-0.1, -0.05) is 20.8 Å². The molecule has 2 heterocycles. The van der Waals surface area contributed by atoms with E-state index in [1.807, 2.05) is 36.4 Å². The van der Waals surface area contributed by atoms with Crippen molar-refractivity contribution < 1.29 is 22.4 Å². The van der Waals surface area contributed by atoms with Crippen molar-refractivity contribution in [3.8, 4) is 0 Å². The zero-order chi connectivity index (χ0) is 28.7. The van der Waals surface area contributed by atoms with Gasteiger partial charge in [0.15, 0.2) is 0 Å². The number of nitrogens with two attached hydrogens (primary N) is 1. The van der Waals surface area contributed by atoms with Gasteiger partial charge in [-0.05, 0) is 60.1 Å². The van der Waals surface area contributed by atoms with Gasteiger partial charge in [0.1, 0.15) is 30.1 Å². The molecule has 0 atom stereocenters. The molecule has 8 nitrogen and oxygen atoms in total. The number of amides is 1. The number of primary amides is 1. The molecule has 0 spiro atoms. The molecular formula is C27H32F4N6O2. The van der Waals surface area contributed by atoms with Crippen LogP contribution >= 0.6 is 0 Å². The summed E-state index contributed by atoms with van der Waals surface area (Å²) in [6.45, 7) is 4.93. The number of pyridine rings is 1. The number of benzene rings is 1. The molecule has 1 saturated carbocycles. The molecule has 1 aromatic carbocycles. The summed E-state index contributed by atoms with van der Waals surface area (Å²) >= 11 is 0. The molecular weight excluding hydrogens is 516 g/mol. The predicted molar refractivity (Wildman–Crippen MR) is 138 cm³/mol. The number of aromatic nitrogens is 4. The Morgan fingerprint density at radius 3 is 2.46 bits per heavy atom. The lowest BCUT2D eigenvalue weighted by atomic mass is 9.58. The number of rotatable bonds is 9. The van der Waals surface area contributed by atoms with E-state index in [1.54, 1.807) is 6.33 Å². The minimum Gasteiger partial charge on any atom is -0.367 e. The number of hydrogen-bond acceptors (Lipinski definition) is 5. The Kier molecular flexibility index (Phi) is 7.59. The van der Waals surface area contributed by atoms with E-state index in [-0.39, 0.29) is 18.0 Å². The van der Waals surface area contributed by atoms with Crippen LogP contribution in [0.1, 0.15) is 60.9 Å². The van der Waals surface area contributed by atoms with E-state index in [1.165, 1.54) is 18.2 Å². The molecule has 0 unspecified atom stereocenters. The smallest absolute Gasteiger partial charge is 0.367 e. The van der Waals surface area contributed by atoms with Gasteiger partial charge in [-0.15, -0.1) is 10.2 Å². The Labute approximate surface area is 223 Å². The third kappa shape index (κ3) is 5.99. The van der Waals surface area contributed by atoms with Crippen LogP contribution < -0.4 is 16.2 Å². The lowest BCUT2D eigenvalue weighted by molar-refractivity contribution is -0.141. The summed E-state index contributed by atoms with van der Waals surface area (Å²) in [5.74, 6) is -0.340.